The first-order valence-electron chi connectivity index (χ1n) is 11.6. The number of anilines is 3. The van der Waals surface area contributed by atoms with E-state index in [0.717, 1.165) is 22.6 Å². The lowest BCUT2D eigenvalue weighted by Crippen LogP contribution is -2.09. The zero-order valence-corrected chi connectivity index (χ0v) is 20.0. The van der Waals surface area contributed by atoms with Crippen molar-refractivity contribution in [1.29, 1.82) is 10.5 Å². The van der Waals surface area contributed by atoms with E-state index in [1.54, 1.807) is 0 Å². The van der Waals surface area contributed by atoms with Crippen LogP contribution in [0.1, 0.15) is 11.1 Å². The maximum absolute atomic E-state index is 9.21. The fraction of sp³-hybridized carbons (Fsp3) is 0. The van der Waals surface area contributed by atoms with Gasteiger partial charge < -0.3 is 4.90 Å². The average molecular weight is 478 g/mol. The van der Waals surface area contributed by atoms with Crippen molar-refractivity contribution in [3.63, 3.8) is 0 Å². The van der Waals surface area contributed by atoms with Gasteiger partial charge in [0.25, 0.3) is 0 Å². The first kappa shape index (κ1) is 21.6. The minimum Gasteiger partial charge on any atom is -0.311 e. The average Bonchev–Trinajstić information content (AvgIpc) is 3.32. The first-order valence-corrected chi connectivity index (χ1v) is 12.4. The van der Waals surface area contributed by atoms with Crippen molar-refractivity contribution in [2.45, 2.75) is 0 Å². The molecule has 168 valence electrons. The Bertz CT molecular complexity index is 1730. The van der Waals surface area contributed by atoms with E-state index in [1.807, 2.05) is 59.9 Å². The van der Waals surface area contributed by atoms with Gasteiger partial charge in [0.15, 0.2) is 0 Å². The Morgan fingerprint density at radius 1 is 0.500 bits per heavy atom. The van der Waals surface area contributed by atoms with E-state index in [-0.39, 0.29) is 0 Å². The van der Waals surface area contributed by atoms with Crippen LogP contribution in [0, 0.1) is 22.7 Å². The summed E-state index contributed by atoms with van der Waals surface area (Å²) in [6.45, 7) is 0. The summed E-state index contributed by atoms with van der Waals surface area (Å²) in [5.41, 5.74) is 6.44. The first-order chi connectivity index (χ1) is 17.7. The Kier molecular flexibility index (Phi) is 5.43. The van der Waals surface area contributed by atoms with Crippen molar-refractivity contribution in [1.82, 2.24) is 0 Å². The van der Waals surface area contributed by atoms with Gasteiger partial charge in [-0.2, -0.15) is 10.5 Å². The van der Waals surface area contributed by atoms with Gasteiger partial charge in [0, 0.05) is 37.2 Å². The second-order valence-corrected chi connectivity index (χ2v) is 9.59. The van der Waals surface area contributed by atoms with Gasteiger partial charge in [0.1, 0.15) is 0 Å². The SMILES string of the molecule is N#Cc1ccc(N(c2ccc(C#N)cc2)c2ccc(-c3ccc4sc5ccccc5c4c3)cc2)cc1. The van der Waals surface area contributed by atoms with Crippen LogP contribution in [0.5, 0.6) is 0 Å². The highest BCUT2D eigenvalue weighted by Gasteiger charge is 2.13. The normalized spacial score (nSPS) is 10.7. The van der Waals surface area contributed by atoms with Crippen molar-refractivity contribution < 1.29 is 0 Å². The second-order valence-electron chi connectivity index (χ2n) is 8.51. The third-order valence-corrected chi connectivity index (χ3v) is 7.50. The van der Waals surface area contributed by atoms with Crippen molar-refractivity contribution in [3.05, 3.63) is 126 Å². The lowest BCUT2D eigenvalue weighted by Gasteiger charge is -2.25. The molecule has 4 heteroatoms. The zero-order chi connectivity index (χ0) is 24.5. The molecule has 0 aliphatic rings. The minimum atomic E-state index is 0.616. The molecule has 1 aromatic heterocycles. The van der Waals surface area contributed by atoms with Crippen molar-refractivity contribution in [3.8, 4) is 23.3 Å². The molecule has 3 nitrogen and oxygen atoms in total. The largest absolute Gasteiger partial charge is 0.311 e. The van der Waals surface area contributed by atoms with Crippen molar-refractivity contribution in [2.24, 2.45) is 0 Å². The molecule has 6 rings (SSSR count). The number of benzene rings is 5. The smallest absolute Gasteiger partial charge is 0.0991 e. The maximum Gasteiger partial charge on any atom is 0.0991 e. The van der Waals surface area contributed by atoms with Crippen LogP contribution in [-0.2, 0) is 0 Å². The van der Waals surface area contributed by atoms with Gasteiger partial charge in [-0.25, -0.2) is 0 Å². The molecule has 0 aliphatic carbocycles. The molecule has 0 aliphatic heterocycles. The summed E-state index contributed by atoms with van der Waals surface area (Å²) in [7, 11) is 0. The third kappa shape index (κ3) is 3.87. The van der Waals surface area contributed by atoms with Crippen LogP contribution in [0.4, 0.5) is 17.1 Å². The molecule has 0 radical (unpaired) electrons. The minimum absolute atomic E-state index is 0.616. The van der Waals surface area contributed by atoms with Crippen LogP contribution in [0.2, 0.25) is 0 Å². The molecule has 0 saturated heterocycles. The molecular weight excluding hydrogens is 458 g/mol. The monoisotopic (exact) mass is 477 g/mol. The number of nitriles is 2. The lowest BCUT2D eigenvalue weighted by atomic mass is 10.0. The molecule has 6 aromatic rings. The lowest BCUT2D eigenvalue weighted by molar-refractivity contribution is 1.28. The molecule has 5 aromatic carbocycles. The number of thiophene rings is 1. The van der Waals surface area contributed by atoms with Gasteiger partial charge in [-0.15, -0.1) is 11.3 Å². The molecule has 0 saturated carbocycles. The summed E-state index contributed by atoms with van der Waals surface area (Å²) in [6, 6.07) is 43.2. The van der Waals surface area contributed by atoms with Crippen LogP contribution >= 0.6 is 11.3 Å². The highest BCUT2D eigenvalue weighted by Crippen LogP contribution is 2.38. The molecule has 0 amide bonds. The molecule has 0 unspecified atom stereocenters. The van der Waals surface area contributed by atoms with Crippen LogP contribution < -0.4 is 4.90 Å². The van der Waals surface area contributed by atoms with E-state index in [0.29, 0.717) is 11.1 Å². The predicted molar refractivity (Wildman–Crippen MR) is 149 cm³/mol. The fourth-order valence-electron chi connectivity index (χ4n) is 4.53. The topological polar surface area (TPSA) is 50.8 Å². The van der Waals surface area contributed by atoms with E-state index in [9.17, 15) is 10.5 Å². The fourth-order valence-corrected chi connectivity index (χ4v) is 5.61. The van der Waals surface area contributed by atoms with Crippen LogP contribution in [-0.4, -0.2) is 0 Å². The summed E-state index contributed by atoms with van der Waals surface area (Å²) in [5.74, 6) is 0. The molecule has 36 heavy (non-hydrogen) atoms. The molecule has 1 heterocycles. The van der Waals surface area contributed by atoms with Crippen molar-refractivity contribution >= 4 is 48.6 Å². The second kappa shape index (κ2) is 9.04. The van der Waals surface area contributed by atoms with Crippen LogP contribution in [0.25, 0.3) is 31.3 Å². The molecule has 0 bridgehead atoms. The van der Waals surface area contributed by atoms with Gasteiger partial charge >= 0.3 is 0 Å². The highest BCUT2D eigenvalue weighted by molar-refractivity contribution is 7.25. The van der Waals surface area contributed by atoms with Crippen LogP contribution in [0.15, 0.2) is 115 Å². The zero-order valence-electron chi connectivity index (χ0n) is 19.2. The highest BCUT2D eigenvalue weighted by atomic mass is 32.1. The number of fused-ring (bicyclic) bond motifs is 3. The van der Waals surface area contributed by atoms with Gasteiger partial charge in [0.05, 0.1) is 23.3 Å². The Morgan fingerprint density at radius 2 is 1.00 bits per heavy atom. The molecule has 0 N–H and O–H groups in total. The Morgan fingerprint density at radius 3 is 1.58 bits per heavy atom. The number of hydrogen-bond acceptors (Lipinski definition) is 4. The Balaban J connectivity index is 1.41. The summed E-state index contributed by atoms with van der Waals surface area (Å²) < 4.78 is 2.60. The molecular formula is C32H19N3S. The predicted octanol–water partition coefficient (Wildman–Crippen LogP) is 8.93. The van der Waals surface area contributed by atoms with Crippen LogP contribution in [0.3, 0.4) is 0 Å². The van der Waals surface area contributed by atoms with Crippen molar-refractivity contribution in [2.75, 3.05) is 4.90 Å². The summed E-state index contributed by atoms with van der Waals surface area (Å²) in [5, 5.41) is 21.0. The number of nitrogens with zero attached hydrogens (tertiary/aromatic N) is 3. The molecule has 0 spiro atoms. The Labute approximate surface area is 213 Å². The number of hydrogen-bond donors (Lipinski definition) is 0. The van der Waals surface area contributed by atoms with E-state index < -0.39 is 0 Å². The van der Waals surface area contributed by atoms with E-state index >= 15 is 0 Å². The van der Waals surface area contributed by atoms with Gasteiger partial charge in [-0.1, -0.05) is 36.4 Å². The quantitative estimate of drug-likeness (QED) is 0.255. The van der Waals surface area contributed by atoms with E-state index in [2.05, 4.69) is 83.8 Å². The summed E-state index contributed by atoms with van der Waals surface area (Å²) in [4.78, 5) is 2.13. The molecule has 0 fully saturated rings. The molecule has 0 atom stereocenters. The Hall–Kier alpha value is -4.90. The third-order valence-electron chi connectivity index (χ3n) is 6.34. The van der Waals surface area contributed by atoms with E-state index in [4.69, 9.17) is 0 Å². The van der Waals surface area contributed by atoms with Gasteiger partial charge in [0.2, 0.25) is 0 Å². The maximum atomic E-state index is 9.21. The standard InChI is InChI=1S/C32H19N3S/c33-20-22-5-12-26(13-6-22)35(27-14-7-23(21-34)8-15-27)28-16-9-24(10-17-28)25-11-18-32-30(19-25)29-3-1-2-4-31(29)36-32/h1-19H. The number of rotatable bonds is 4. The summed E-state index contributed by atoms with van der Waals surface area (Å²) >= 11 is 1.83. The van der Waals surface area contributed by atoms with Gasteiger partial charge in [-0.05, 0) is 90.0 Å². The summed E-state index contributed by atoms with van der Waals surface area (Å²) in [6.07, 6.45) is 0. The van der Waals surface area contributed by atoms with E-state index in [1.165, 1.54) is 25.7 Å². The van der Waals surface area contributed by atoms with Gasteiger partial charge in [-0.3, -0.25) is 0 Å².